The van der Waals surface area contributed by atoms with Crippen molar-refractivity contribution in [2.75, 3.05) is 11.9 Å². The van der Waals surface area contributed by atoms with Crippen LogP contribution >= 0.6 is 0 Å². The van der Waals surface area contributed by atoms with E-state index in [2.05, 4.69) is 15.4 Å². The first-order chi connectivity index (χ1) is 13.7. The van der Waals surface area contributed by atoms with Gasteiger partial charge in [0, 0.05) is 23.6 Å². The molecule has 0 fully saturated rings. The smallest absolute Gasteiger partial charge is 0.226 e. The molecule has 0 radical (unpaired) electrons. The summed E-state index contributed by atoms with van der Waals surface area (Å²) in [6.07, 6.45) is 4.27. The van der Waals surface area contributed by atoms with Crippen LogP contribution in [0, 0.1) is 0 Å². The molecule has 2 aromatic heterocycles. The lowest BCUT2D eigenvalue weighted by Crippen LogP contribution is -2.33. The maximum absolute atomic E-state index is 13.2. The number of ether oxygens (including phenoxy) is 1. The van der Waals surface area contributed by atoms with Gasteiger partial charge in [0.1, 0.15) is 23.9 Å². The number of furan rings is 1. The second-order valence-electron chi connectivity index (χ2n) is 7.00. The van der Waals surface area contributed by atoms with Crippen LogP contribution in [0.3, 0.4) is 0 Å². The molecule has 7 heteroatoms. The summed E-state index contributed by atoms with van der Waals surface area (Å²) in [5, 5.41) is 7.70. The highest BCUT2D eigenvalue weighted by atomic mass is 16.5. The number of carbonyl (C=O) groups is 1. The van der Waals surface area contributed by atoms with Crippen molar-refractivity contribution in [2.24, 2.45) is 0 Å². The topological polar surface area (TPSA) is 82.2 Å². The molecule has 1 aromatic carbocycles. The van der Waals surface area contributed by atoms with E-state index in [1.807, 2.05) is 43.3 Å². The van der Waals surface area contributed by atoms with Gasteiger partial charge < -0.3 is 14.5 Å². The number of Topliss-reactive ketones (excluding diaryl/α,β-unsaturated/α-hetero) is 1. The number of fused-ring (bicyclic) bond motifs is 1. The number of hydrogen-bond donors (Lipinski definition) is 1. The van der Waals surface area contributed by atoms with Gasteiger partial charge in [0.25, 0.3) is 0 Å². The number of allylic oxidation sites excluding steroid dienone is 2. The van der Waals surface area contributed by atoms with Gasteiger partial charge in [-0.1, -0.05) is 12.1 Å². The molecule has 142 valence electrons. The van der Waals surface area contributed by atoms with Gasteiger partial charge in [0.2, 0.25) is 5.95 Å². The Balaban J connectivity index is 1.60. The van der Waals surface area contributed by atoms with Crippen molar-refractivity contribution >= 4 is 11.7 Å². The van der Waals surface area contributed by atoms with Gasteiger partial charge in [0.15, 0.2) is 5.78 Å². The molecule has 3 aromatic rings. The summed E-state index contributed by atoms with van der Waals surface area (Å²) in [7, 11) is 0. The Labute approximate surface area is 162 Å². The van der Waals surface area contributed by atoms with Crippen LogP contribution in [-0.2, 0) is 4.79 Å². The second-order valence-corrected chi connectivity index (χ2v) is 7.00. The van der Waals surface area contributed by atoms with Gasteiger partial charge in [-0.3, -0.25) is 4.79 Å². The predicted molar refractivity (Wildman–Crippen MR) is 102 cm³/mol. The molecule has 0 saturated carbocycles. The van der Waals surface area contributed by atoms with E-state index in [1.165, 1.54) is 6.33 Å². The highest BCUT2D eigenvalue weighted by molar-refractivity contribution is 6.00. The molecule has 28 heavy (non-hydrogen) atoms. The average molecular weight is 376 g/mol. The van der Waals surface area contributed by atoms with Crippen LogP contribution in [-0.4, -0.2) is 27.2 Å². The lowest BCUT2D eigenvalue weighted by atomic mass is 9.79. The number of nitrogens with zero attached hydrogens (tertiary/aromatic N) is 3. The van der Waals surface area contributed by atoms with E-state index in [-0.39, 0.29) is 17.7 Å². The Morgan fingerprint density at radius 2 is 2.21 bits per heavy atom. The number of aromatic nitrogens is 3. The van der Waals surface area contributed by atoms with Crippen molar-refractivity contribution in [1.29, 1.82) is 0 Å². The maximum atomic E-state index is 13.2. The van der Waals surface area contributed by atoms with Crippen molar-refractivity contribution in [3.63, 3.8) is 0 Å². The third-order valence-corrected chi connectivity index (χ3v) is 5.29. The number of nitrogens with one attached hydrogen (secondary N) is 1. The Morgan fingerprint density at radius 3 is 3.04 bits per heavy atom. The van der Waals surface area contributed by atoms with E-state index in [9.17, 15) is 4.79 Å². The molecule has 2 aliphatic rings. The summed E-state index contributed by atoms with van der Waals surface area (Å²) in [5.74, 6) is 2.38. The summed E-state index contributed by atoms with van der Waals surface area (Å²) < 4.78 is 13.0. The van der Waals surface area contributed by atoms with Crippen molar-refractivity contribution in [1.82, 2.24) is 14.8 Å². The van der Waals surface area contributed by atoms with E-state index in [4.69, 9.17) is 9.15 Å². The molecule has 1 N–H and O–H groups in total. The summed E-state index contributed by atoms with van der Waals surface area (Å²) in [5.41, 5.74) is 2.59. The summed E-state index contributed by atoms with van der Waals surface area (Å²) in [6, 6.07) is 11.3. The number of rotatable bonds is 4. The van der Waals surface area contributed by atoms with Crippen LogP contribution in [0.15, 0.2) is 64.7 Å². The maximum Gasteiger partial charge on any atom is 0.226 e. The lowest BCUT2D eigenvalue weighted by molar-refractivity contribution is -0.117. The first-order valence-electron chi connectivity index (χ1n) is 9.43. The lowest BCUT2D eigenvalue weighted by Gasteiger charge is -2.34. The molecule has 0 amide bonds. The molecule has 1 aliphatic heterocycles. The molecule has 1 aliphatic carbocycles. The van der Waals surface area contributed by atoms with Crippen LogP contribution in [0.5, 0.6) is 5.75 Å². The fourth-order valence-electron chi connectivity index (χ4n) is 4.13. The predicted octanol–water partition coefficient (Wildman–Crippen LogP) is 3.69. The molecule has 7 nitrogen and oxygen atoms in total. The van der Waals surface area contributed by atoms with Gasteiger partial charge in [-0.2, -0.15) is 10.1 Å². The van der Waals surface area contributed by atoms with E-state index < -0.39 is 0 Å². The Kier molecular flexibility index (Phi) is 4.00. The van der Waals surface area contributed by atoms with Crippen molar-refractivity contribution < 1.29 is 13.9 Å². The molecule has 5 rings (SSSR count). The average Bonchev–Trinajstić information content (AvgIpc) is 3.38. The van der Waals surface area contributed by atoms with Crippen LogP contribution in [0.4, 0.5) is 5.95 Å². The Hall–Kier alpha value is -3.35. The molecular formula is C21H20N4O3. The molecule has 0 saturated heterocycles. The Bertz CT molecular complexity index is 1050. The van der Waals surface area contributed by atoms with Gasteiger partial charge in [-0.25, -0.2) is 4.68 Å². The zero-order valence-corrected chi connectivity index (χ0v) is 15.5. The molecule has 0 spiro atoms. The number of ketones is 1. The standard InChI is InChI=1S/C21H20N4O3/c1-2-27-15-6-3-5-13(9-15)20-19-16(24-21-22-12-23-25(20)21)10-14(11-17(19)26)18-7-4-8-28-18/h3-9,12,14,20H,2,10-11H2,1H3,(H,22,23,24)/t14-,20+/m0/s1. The molecule has 2 atom stereocenters. The molecule has 0 bridgehead atoms. The van der Waals surface area contributed by atoms with Gasteiger partial charge in [-0.05, 0) is 43.2 Å². The third-order valence-electron chi connectivity index (χ3n) is 5.29. The van der Waals surface area contributed by atoms with Gasteiger partial charge in [0.05, 0.1) is 12.9 Å². The fourth-order valence-corrected chi connectivity index (χ4v) is 4.13. The minimum absolute atomic E-state index is 0.0265. The van der Waals surface area contributed by atoms with Gasteiger partial charge in [-0.15, -0.1) is 0 Å². The highest BCUT2D eigenvalue weighted by Crippen LogP contribution is 2.44. The van der Waals surface area contributed by atoms with Crippen LogP contribution in [0.1, 0.15) is 43.0 Å². The minimum atomic E-state index is -0.320. The highest BCUT2D eigenvalue weighted by Gasteiger charge is 2.39. The summed E-state index contributed by atoms with van der Waals surface area (Å²) >= 11 is 0. The molecular weight excluding hydrogens is 356 g/mol. The number of carbonyl (C=O) groups excluding carboxylic acids is 1. The quantitative estimate of drug-likeness (QED) is 0.748. The van der Waals surface area contributed by atoms with E-state index in [0.717, 1.165) is 28.3 Å². The first-order valence-corrected chi connectivity index (χ1v) is 9.43. The normalized spacial score (nSPS) is 21.1. The molecule has 0 unspecified atom stereocenters. The first kappa shape index (κ1) is 16.8. The fraction of sp³-hybridized carbons (Fsp3) is 0.286. The van der Waals surface area contributed by atoms with E-state index in [0.29, 0.717) is 25.4 Å². The Morgan fingerprint density at radius 1 is 1.29 bits per heavy atom. The zero-order chi connectivity index (χ0) is 19.1. The van der Waals surface area contributed by atoms with Gasteiger partial charge >= 0.3 is 0 Å². The third kappa shape index (κ3) is 2.70. The summed E-state index contributed by atoms with van der Waals surface area (Å²) in [4.78, 5) is 17.6. The molecule has 3 heterocycles. The summed E-state index contributed by atoms with van der Waals surface area (Å²) in [6.45, 7) is 2.54. The van der Waals surface area contributed by atoms with E-state index in [1.54, 1.807) is 10.9 Å². The minimum Gasteiger partial charge on any atom is -0.494 e. The number of anilines is 1. The number of benzene rings is 1. The largest absolute Gasteiger partial charge is 0.494 e. The van der Waals surface area contributed by atoms with Crippen molar-refractivity contribution in [2.45, 2.75) is 31.7 Å². The SMILES string of the molecule is CCOc1cccc([C@@H]2C3=C(C[C@H](c4ccco4)CC3=O)Nc3ncnn32)c1. The van der Waals surface area contributed by atoms with Crippen molar-refractivity contribution in [3.05, 3.63) is 71.6 Å². The van der Waals surface area contributed by atoms with Crippen LogP contribution in [0.25, 0.3) is 0 Å². The van der Waals surface area contributed by atoms with Crippen molar-refractivity contribution in [3.8, 4) is 5.75 Å². The van der Waals surface area contributed by atoms with E-state index >= 15 is 0 Å². The van der Waals surface area contributed by atoms with Crippen LogP contribution < -0.4 is 10.1 Å². The second kappa shape index (κ2) is 6.67. The zero-order valence-electron chi connectivity index (χ0n) is 15.5. The monoisotopic (exact) mass is 376 g/mol. The number of hydrogen-bond acceptors (Lipinski definition) is 6. The van der Waals surface area contributed by atoms with Crippen LogP contribution in [0.2, 0.25) is 0 Å².